The largest absolute Gasteiger partial charge is 0.477 e. The number of aryl methyl sites for hydroxylation is 2. The Kier molecular flexibility index (Phi) is 15.9. The molecule has 5 amide bonds. The van der Waals surface area contributed by atoms with E-state index in [1.807, 2.05) is 64.8 Å². The fraction of sp³-hybridized carbons (Fsp3) is 0.436. The molecule has 0 spiro atoms. The van der Waals surface area contributed by atoms with Gasteiger partial charge in [0.05, 0.1) is 0 Å². The maximum atomic E-state index is 14.1. The average molecular weight is 894 g/mol. The summed E-state index contributed by atoms with van der Waals surface area (Å²) >= 11 is 0. The molecule has 5 N–H and O–H groups in total. The number of rotatable bonds is 13. The van der Waals surface area contributed by atoms with Gasteiger partial charge in [-0.15, -0.1) is 0 Å². The molecule has 0 unspecified atom stereocenters. The van der Waals surface area contributed by atoms with Crippen LogP contribution in [0.15, 0.2) is 46.5 Å². The van der Waals surface area contributed by atoms with Crippen molar-refractivity contribution in [1.82, 2.24) is 33.9 Å². The number of nitrogens with zero attached hydrogens (tertiary/aromatic N) is 5. The summed E-state index contributed by atoms with van der Waals surface area (Å²) in [5, 5.41) is 20.5. The molecule has 0 fully saturated rings. The van der Waals surface area contributed by atoms with Crippen LogP contribution in [0.5, 0.6) is 0 Å². The van der Waals surface area contributed by atoms with Crippen molar-refractivity contribution in [3.63, 3.8) is 0 Å². The molecular weight excluding hydrogens is 841 g/mol. The van der Waals surface area contributed by atoms with Crippen molar-refractivity contribution in [2.24, 2.45) is 14.1 Å². The van der Waals surface area contributed by atoms with Gasteiger partial charge in [-0.1, -0.05) is 55.4 Å². The van der Waals surface area contributed by atoms with Gasteiger partial charge in [0.1, 0.15) is 23.0 Å². The molecule has 0 aliphatic rings. The number of anilines is 2. The smallest absolute Gasteiger partial charge is 0.354 e. The first-order chi connectivity index (χ1) is 28.1. The molecule has 0 saturated carbocycles. The van der Waals surface area contributed by atoms with Gasteiger partial charge in [-0.05, 0) is 77.1 Å². The van der Waals surface area contributed by atoms with Crippen molar-refractivity contribution >= 4 is 55.4 Å². The summed E-state index contributed by atoms with van der Waals surface area (Å²) in [6.07, 6.45) is 0. The highest BCUT2D eigenvalue weighted by atomic mass is 32.2. The summed E-state index contributed by atoms with van der Waals surface area (Å²) in [4.78, 5) is 49.9. The lowest BCUT2D eigenvalue weighted by molar-refractivity contribution is 0.0684. The van der Waals surface area contributed by atoms with Crippen molar-refractivity contribution in [3.05, 3.63) is 81.7 Å². The maximum absolute atomic E-state index is 14.1. The number of sulfonamides is 2. The van der Waals surface area contributed by atoms with E-state index in [0.29, 0.717) is 40.2 Å². The Morgan fingerprint density at radius 1 is 0.639 bits per heavy atom. The van der Waals surface area contributed by atoms with Gasteiger partial charge in [0.25, 0.3) is 26.0 Å². The van der Waals surface area contributed by atoms with Crippen molar-refractivity contribution in [2.45, 2.75) is 96.0 Å². The van der Waals surface area contributed by atoms with Crippen LogP contribution in [0.3, 0.4) is 0 Å². The van der Waals surface area contributed by atoms with E-state index in [2.05, 4.69) is 20.8 Å². The first-order valence-electron chi connectivity index (χ1n) is 19.0. The Balaban J connectivity index is 0.000000327. The number of urea groups is 2. The summed E-state index contributed by atoms with van der Waals surface area (Å²) in [6, 6.07) is 5.10. The van der Waals surface area contributed by atoms with Crippen LogP contribution < -0.4 is 20.1 Å². The number of nitrogens with one attached hydrogen (secondary N) is 4. The minimum absolute atomic E-state index is 0.0675. The normalized spacial score (nSPS) is 11.7. The highest BCUT2D eigenvalue weighted by Gasteiger charge is 2.28. The van der Waals surface area contributed by atoms with Crippen LogP contribution in [0.4, 0.5) is 29.7 Å². The molecule has 0 bridgehead atoms. The van der Waals surface area contributed by atoms with E-state index < -0.39 is 65.7 Å². The fourth-order valence-electron chi connectivity index (χ4n) is 5.92. The molecule has 334 valence electrons. The Morgan fingerprint density at radius 2 is 0.951 bits per heavy atom. The predicted octanol–water partition coefficient (Wildman–Crippen LogP) is 6.42. The van der Waals surface area contributed by atoms with Gasteiger partial charge in [-0.2, -0.15) is 27.0 Å². The molecule has 61 heavy (non-hydrogen) atoms. The van der Waals surface area contributed by atoms with Gasteiger partial charge < -0.3 is 20.6 Å². The Hall–Kier alpha value is -5.90. The number of amides is 5. The second-order valence-electron chi connectivity index (χ2n) is 15.3. The lowest BCUT2D eigenvalue weighted by Crippen LogP contribution is -2.35. The summed E-state index contributed by atoms with van der Waals surface area (Å²) in [7, 11) is -4.49. The second-order valence-corrected chi connectivity index (χ2v) is 18.5. The van der Waals surface area contributed by atoms with Crippen molar-refractivity contribution in [1.29, 1.82) is 0 Å². The average Bonchev–Trinajstić information content (AvgIpc) is 3.75. The molecule has 2 aromatic heterocycles. The zero-order chi connectivity index (χ0) is 46.5. The van der Waals surface area contributed by atoms with Crippen LogP contribution in [-0.2, 0) is 34.1 Å². The minimum Gasteiger partial charge on any atom is -0.477 e. The van der Waals surface area contributed by atoms with Crippen molar-refractivity contribution < 1.29 is 49.9 Å². The summed E-state index contributed by atoms with van der Waals surface area (Å²) < 4.78 is 84.1. The van der Waals surface area contributed by atoms with Crippen LogP contribution >= 0.6 is 0 Å². The van der Waals surface area contributed by atoms with Gasteiger partial charge in [0.2, 0.25) is 0 Å². The van der Waals surface area contributed by atoms with E-state index in [0.717, 1.165) is 21.5 Å². The molecule has 0 aliphatic heterocycles. The van der Waals surface area contributed by atoms with Gasteiger partial charge in [-0.3, -0.25) is 14.2 Å². The van der Waals surface area contributed by atoms with Crippen LogP contribution in [0.2, 0.25) is 0 Å². The molecule has 18 nitrogen and oxygen atoms in total. The topological polar surface area (TPSA) is 244 Å². The molecule has 0 atom stereocenters. The van der Waals surface area contributed by atoms with E-state index >= 15 is 0 Å². The fourth-order valence-corrected chi connectivity index (χ4v) is 7.71. The van der Waals surface area contributed by atoms with Crippen LogP contribution in [-0.4, -0.2) is 83.9 Å². The Bertz CT molecular complexity index is 2470. The number of hydrogen-bond donors (Lipinski definition) is 5. The van der Waals surface area contributed by atoms with Gasteiger partial charge in [0.15, 0.2) is 10.1 Å². The number of benzene rings is 2. The van der Waals surface area contributed by atoms with Gasteiger partial charge >= 0.3 is 18.0 Å². The minimum atomic E-state index is -4.42. The zero-order valence-corrected chi connectivity index (χ0v) is 37.6. The number of halogens is 2. The third-order valence-electron chi connectivity index (χ3n) is 9.27. The highest BCUT2D eigenvalue weighted by Crippen LogP contribution is 2.35. The monoisotopic (exact) mass is 893 g/mol. The molecule has 2 heterocycles. The number of carboxylic acid groups (broad SMARTS) is 1. The van der Waals surface area contributed by atoms with Crippen molar-refractivity contribution in [3.8, 4) is 0 Å². The van der Waals surface area contributed by atoms with Gasteiger partial charge in [-0.25, -0.2) is 32.6 Å². The summed E-state index contributed by atoms with van der Waals surface area (Å²) in [5.74, 6) is -3.15. The standard InChI is InChI=1S/C21H30FN5O4S.C18H23FN4O5S/c1-8-26(6)20(28)17-11-18(24-27(17)7)32(30,31)25-21(29)23-19-15(12(2)3)9-14(22)10-16(19)13(4)5;1-9(2)12-6-11(19)7-13(10(3)4)16(12)20-18(26)22-29(27,28)15-8-14(17(24)25)23(5)21-15/h9-13H,8H2,1-7H3,(H2,23,25,29);6-10H,1-5H3,(H,24,25)(H2,20,22,26). The van der Waals surface area contributed by atoms with E-state index in [9.17, 15) is 44.8 Å². The van der Waals surface area contributed by atoms with Gasteiger partial charge in [0, 0.05) is 51.2 Å². The number of aromatic carboxylic acids is 1. The second kappa shape index (κ2) is 19.7. The lowest BCUT2D eigenvalue weighted by Gasteiger charge is -2.20. The molecule has 4 aromatic rings. The number of carboxylic acids is 1. The molecular formula is C39H53F2N9O9S2. The first-order valence-corrected chi connectivity index (χ1v) is 22.0. The van der Waals surface area contributed by atoms with E-state index in [-0.39, 0.29) is 35.1 Å². The zero-order valence-electron chi connectivity index (χ0n) is 36.0. The lowest BCUT2D eigenvalue weighted by atomic mass is 9.92. The van der Waals surface area contributed by atoms with Crippen LogP contribution in [0, 0.1) is 11.6 Å². The molecule has 0 radical (unpaired) electrons. The van der Waals surface area contributed by atoms with Crippen LogP contribution in [0.25, 0.3) is 0 Å². The molecule has 0 saturated heterocycles. The summed E-state index contributed by atoms with van der Waals surface area (Å²) in [5.41, 5.74) is 2.55. The SMILES string of the molecule is CC(C)c1cc(F)cc(C(C)C)c1NC(=O)NS(=O)(=O)c1cc(C(=O)O)n(C)n1.CCN(C)C(=O)c1cc(S(=O)(=O)NC(=O)Nc2c(C(C)C)cc(F)cc2C(C)C)nn1C. The number of aromatic nitrogens is 4. The van der Waals surface area contributed by atoms with E-state index in [4.69, 9.17) is 5.11 Å². The summed E-state index contributed by atoms with van der Waals surface area (Å²) in [6.45, 7) is 16.9. The molecule has 2 aromatic carbocycles. The third kappa shape index (κ3) is 12.1. The van der Waals surface area contributed by atoms with Crippen molar-refractivity contribution in [2.75, 3.05) is 24.2 Å². The first kappa shape index (κ1) is 49.5. The molecule has 4 rings (SSSR count). The van der Waals surface area contributed by atoms with E-state index in [1.165, 1.54) is 43.3 Å². The number of hydrogen-bond acceptors (Lipinski definition) is 10. The van der Waals surface area contributed by atoms with E-state index in [1.54, 1.807) is 14.0 Å². The third-order valence-corrected chi connectivity index (χ3v) is 11.7. The number of carbonyl (C=O) groups is 4. The molecule has 22 heteroatoms. The maximum Gasteiger partial charge on any atom is 0.354 e. The quantitative estimate of drug-likeness (QED) is 0.0980. The number of carbonyl (C=O) groups excluding carboxylic acids is 3. The predicted molar refractivity (Wildman–Crippen MR) is 224 cm³/mol. The Labute approximate surface area is 354 Å². The highest BCUT2D eigenvalue weighted by molar-refractivity contribution is 7.90. The molecule has 0 aliphatic carbocycles. The Morgan fingerprint density at radius 3 is 1.23 bits per heavy atom. The van der Waals surface area contributed by atoms with Crippen LogP contribution in [0.1, 0.15) is 129 Å².